The summed E-state index contributed by atoms with van der Waals surface area (Å²) in [6, 6.07) is 10.1. The Labute approximate surface area is 96.6 Å². The Morgan fingerprint density at radius 2 is 2.12 bits per heavy atom. The number of hydrogen-bond acceptors (Lipinski definition) is 2. The highest BCUT2D eigenvalue weighted by atomic mass is 16.5. The minimum absolute atomic E-state index is 0.193. The fourth-order valence-electron chi connectivity index (χ4n) is 1.99. The second-order valence-corrected chi connectivity index (χ2v) is 4.52. The van der Waals surface area contributed by atoms with Gasteiger partial charge in [-0.15, -0.1) is 0 Å². The number of ether oxygens (including phenoxy) is 1. The van der Waals surface area contributed by atoms with Crippen molar-refractivity contribution < 1.29 is 9.84 Å². The SMILES string of the molecule is C[C@@]1(O)CCCO[C@@H]1/C=C/c1ccccc1. The third kappa shape index (κ3) is 2.71. The standard InChI is InChI=1S/C14H18O2/c1-14(15)10-5-11-16-13(14)9-8-12-6-3-2-4-7-12/h2-4,6-9,13,15H,5,10-11H2,1H3/b9-8+/t13-,14-/m1/s1. The van der Waals surface area contributed by atoms with Crippen molar-refractivity contribution in [1.29, 1.82) is 0 Å². The smallest absolute Gasteiger partial charge is 0.104 e. The molecule has 1 saturated heterocycles. The van der Waals surface area contributed by atoms with Crippen LogP contribution in [0.15, 0.2) is 36.4 Å². The third-order valence-electron chi connectivity index (χ3n) is 3.00. The molecule has 1 aromatic rings. The molecule has 86 valence electrons. The molecule has 1 aliphatic rings. The lowest BCUT2D eigenvalue weighted by atomic mass is 9.90. The van der Waals surface area contributed by atoms with E-state index in [1.807, 2.05) is 49.4 Å². The van der Waals surface area contributed by atoms with E-state index in [2.05, 4.69) is 0 Å². The maximum Gasteiger partial charge on any atom is 0.104 e. The minimum atomic E-state index is -0.733. The first-order valence-electron chi connectivity index (χ1n) is 5.76. The highest BCUT2D eigenvalue weighted by Crippen LogP contribution is 2.26. The molecule has 1 heterocycles. The Morgan fingerprint density at radius 3 is 2.81 bits per heavy atom. The zero-order valence-electron chi connectivity index (χ0n) is 9.60. The lowest BCUT2D eigenvalue weighted by Crippen LogP contribution is -2.43. The lowest BCUT2D eigenvalue weighted by molar-refractivity contribution is -0.111. The molecule has 2 heteroatoms. The van der Waals surface area contributed by atoms with Gasteiger partial charge in [0.25, 0.3) is 0 Å². The molecule has 1 aliphatic heterocycles. The molecule has 0 spiro atoms. The summed E-state index contributed by atoms with van der Waals surface area (Å²) < 4.78 is 5.58. The van der Waals surface area contributed by atoms with E-state index in [0.29, 0.717) is 0 Å². The molecule has 0 aliphatic carbocycles. The van der Waals surface area contributed by atoms with Crippen LogP contribution in [0.2, 0.25) is 0 Å². The number of rotatable bonds is 2. The molecule has 2 rings (SSSR count). The molecule has 0 bridgehead atoms. The second-order valence-electron chi connectivity index (χ2n) is 4.52. The van der Waals surface area contributed by atoms with Crippen molar-refractivity contribution in [2.45, 2.75) is 31.5 Å². The van der Waals surface area contributed by atoms with Gasteiger partial charge in [-0.25, -0.2) is 0 Å². The highest BCUT2D eigenvalue weighted by molar-refractivity contribution is 5.49. The Kier molecular flexibility index (Phi) is 3.42. The number of aliphatic hydroxyl groups is 1. The molecule has 0 aromatic heterocycles. The van der Waals surface area contributed by atoms with E-state index in [0.717, 1.165) is 25.0 Å². The Bertz CT molecular complexity index is 354. The molecular weight excluding hydrogens is 200 g/mol. The molecular formula is C14H18O2. The molecule has 2 nitrogen and oxygen atoms in total. The van der Waals surface area contributed by atoms with Crippen LogP contribution in [0.5, 0.6) is 0 Å². The van der Waals surface area contributed by atoms with Crippen LogP contribution in [0.1, 0.15) is 25.3 Å². The van der Waals surface area contributed by atoms with Gasteiger partial charge >= 0.3 is 0 Å². The fraction of sp³-hybridized carbons (Fsp3) is 0.429. The minimum Gasteiger partial charge on any atom is -0.387 e. The first kappa shape index (κ1) is 11.4. The quantitative estimate of drug-likeness (QED) is 0.827. The summed E-state index contributed by atoms with van der Waals surface area (Å²) >= 11 is 0. The zero-order chi connectivity index (χ0) is 11.4. The summed E-state index contributed by atoms with van der Waals surface area (Å²) in [6.45, 7) is 2.58. The molecule has 1 aromatic carbocycles. The van der Waals surface area contributed by atoms with Gasteiger partial charge in [0.15, 0.2) is 0 Å². The van der Waals surface area contributed by atoms with Gasteiger partial charge in [0.2, 0.25) is 0 Å². The predicted molar refractivity (Wildman–Crippen MR) is 65.1 cm³/mol. The summed E-state index contributed by atoms with van der Waals surface area (Å²) in [6.07, 6.45) is 5.50. The van der Waals surface area contributed by atoms with E-state index in [-0.39, 0.29) is 6.10 Å². The molecule has 0 radical (unpaired) electrons. The van der Waals surface area contributed by atoms with Gasteiger partial charge in [0, 0.05) is 6.61 Å². The number of benzene rings is 1. The van der Waals surface area contributed by atoms with E-state index in [9.17, 15) is 5.11 Å². The van der Waals surface area contributed by atoms with Crippen LogP contribution in [0.25, 0.3) is 6.08 Å². The normalized spacial score (nSPS) is 30.8. The predicted octanol–water partition coefficient (Wildman–Crippen LogP) is 2.63. The van der Waals surface area contributed by atoms with Gasteiger partial charge in [0.1, 0.15) is 6.10 Å². The first-order valence-corrected chi connectivity index (χ1v) is 5.76. The average molecular weight is 218 g/mol. The molecule has 1 N–H and O–H groups in total. The van der Waals surface area contributed by atoms with Gasteiger partial charge in [0.05, 0.1) is 5.60 Å². The maximum atomic E-state index is 10.1. The Hall–Kier alpha value is -1.12. The van der Waals surface area contributed by atoms with Crippen LogP contribution >= 0.6 is 0 Å². The third-order valence-corrected chi connectivity index (χ3v) is 3.00. The van der Waals surface area contributed by atoms with Crippen LogP contribution in [0.3, 0.4) is 0 Å². The van der Waals surface area contributed by atoms with Crippen molar-refractivity contribution >= 4 is 6.08 Å². The van der Waals surface area contributed by atoms with Crippen molar-refractivity contribution in [2.75, 3.05) is 6.61 Å². The van der Waals surface area contributed by atoms with Crippen molar-refractivity contribution in [3.63, 3.8) is 0 Å². The van der Waals surface area contributed by atoms with Gasteiger partial charge in [-0.2, -0.15) is 0 Å². The van der Waals surface area contributed by atoms with Crippen LogP contribution in [0, 0.1) is 0 Å². The largest absolute Gasteiger partial charge is 0.387 e. The van der Waals surface area contributed by atoms with Gasteiger partial charge in [-0.1, -0.05) is 42.5 Å². The van der Waals surface area contributed by atoms with Crippen LogP contribution in [0.4, 0.5) is 0 Å². The monoisotopic (exact) mass is 218 g/mol. The van der Waals surface area contributed by atoms with E-state index < -0.39 is 5.60 Å². The van der Waals surface area contributed by atoms with E-state index >= 15 is 0 Å². The number of hydrogen-bond donors (Lipinski definition) is 1. The maximum absolute atomic E-state index is 10.1. The van der Waals surface area contributed by atoms with E-state index in [1.54, 1.807) is 0 Å². The van der Waals surface area contributed by atoms with Gasteiger partial charge in [-0.05, 0) is 25.3 Å². The average Bonchev–Trinajstić information content (AvgIpc) is 2.28. The van der Waals surface area contributed by atoms with Crippen LogP contribution in [-0.4, -0.2) is 23.4 Å². The molecule has 0 amide bonds. The molecule has 0 unspecified atom stereocenters. The molecule has 16 heavy (non-hydrogen) atoms. The van der Waals surface area contributed by atoms with Gasteiger partial charge in [-0.3, -0.25) is 0 Å². The molecule has 0 saturated carbocycles. The Balaban J connectivity index is 2.06. The summed E-state index contributed by atoms with van der Waals surface area (Å²) in [5.74, 6) is 0. The highest BCUT2D eigenvalue weighted by Gasteiger charge is 2.33. The zero-order valence-corrected chi connectivity index (χ0v) is 9.60. The summed E-state index contributed by atoms with van der Waals surface area (Å²) in [4.78, 5) is 0. The summed E-state index contributed by atoms with van der Waals surface area (Å²) in [5, 5.41) is 10.1. The van der Waals surface area contributed by atoms with Crippen LogP contribution < -0.4 is 0 Å². The fourth-order valence-corrected chi connectivity index (χ4v) is 1.99. The van der Waals surface area contributed by atoms with Crippen molar-refractivity contribution in [3.05, 3.63) is 42.0 Å². The van der Waals surface area contributed by atoms with E-state index in [1.165, 1.54) is 0 Å². The Morgan fingerprint density at radius 1 is 1.38 bits per heavy atom. The summed E-state index contributed by atoms with van der Waals surface area (Å²) in [5.41, 5.74) is 0.399. The molecule has 1 fully saturated rings. The molecule has 2 atom stereocenters. The summed E-state index contributed by atoms with van der Waals surface area (Å²) in [7, 11) is 0. The first-order chi connectivity index (χ1) is 7.68. The van der Waals surface area contributed by atoms with Crippen molar-refractivity contribution in [2.24, 2.45) is 0 Å². The van der Waals surface area contributed by atoms with Crippen LogP contribution in [-0.2, 0) is 4.74 Å². The lowest BCUT2D eigenvalue weighted by Gasteiger charge is -2.35. The van der Waals surface area contributed by atoms with Gasteiger partial charge < -0.3 is 9.84 Å². The second kappa shape index (κ2) is 4.81. The topological polar surface area (TPSA) is 29.5 Å². The van der Waals surface area contributed by atoms with Crippen molar-refractivity contribution in [3.8, 4) is 0 Å². The van der Waals surface area contributed by atoms with E-state index in [4.69, 9.17) is 4.74 Å². The van der Waals surface area contributed by atoms with Crippen molar-refractivity contribution in [1.82, 2.24) is 0 Å².